The summed E-state index contributed by atoms with van der Waals surface area (Å²) in [7, 11) is 0. The van der Waals surface area contributed by atoms with Gasteiger partial charge < -0.3 is 10.6 Å². The van der Waals surface area contributed by atoms with Crippen LogP contribution < -0.4 is 10.6 Å². The van der Waals surface area contributed by atoms with Crippen LogP contribution in [-0.2, 0) is 17.6 Å². The first-order valence-corrected chi connectivity index (χ1v) is 8.06. The number of rotatable bonds is 4. The summed E-state index contributed by atoms with van der Waals surface area (Å²) in [5.41, 5.74) is 4.24. The van der Waals surface area contributed by atoms with Gasteiger partial charge in [0.1, 0.15) is 0 Å². The van der Waals surface area contributed by atoms with Gasteiger partial charge in [0, 0.05) is 19.0 Å². The number of aryl methyl sites for hydroxylation is 1. The van der Waals surface area contributed by atoms with Gasteiger partial charge in [-0.1, -0.05) is 35.9 Å². The molecule has 2 N–H and O–H groups in total. The zero-order valence-electron chi connectivity index (χ0n) is 12.5. The Morgan fingerprint density at radius 1 is 1.24 bits per heavy atom. The SMILES string of the molecule is O=C(NCCC1=CCNCC1)C1CCc2ccccc2C1. The molecule has 1 atom stereocenters. The minimum Gasteiger partial charge on any atom is -0.356 e. The molecule has 0 fully saturated rings. The van der Waals surface area contributed by atoms with Crippen molar-refractivity contribution in [1.29, 1.82) is 0 Å². The standard InChI is InChI=1S/C18H24N2O/c21-18(20-12-9-14-7-10-19-11-8-14)17-6-5-15-3-1-2-4-16(15)13-17/h1-4,7,17,19H,5-6,8-13H2,(H,20,21). The first-order chi connectivity index (χ1) is 10.3. The molecule has 1 aromatic rings. The van der Waals surface area contributed by atoms with Gasteiger partial charge in [0.05, 0.1) is 0 Å². The molecule has 112 valence electrons. The fourth-order valence-electron chi connectivity index (χ4n) is 3.31. The number of fused-ring (bicyclic) bond motifs is 1. The third-order valence-electron chi connectivity index (χ3n) is 4.62. The van der Waals surface area contributed by atoms with Crippen molar-refractivity contribution >= 4 is 5.91 Å². The molecule has 1 aliphatic carbocycles. The van der Waals surface area contributed by atoms with E-state index in [-0.39, 0.29) is 11.8 Å². The van der Waals surface area contributed by atoms with E-state index in [9.17, 15) is 4.79 Å². The summed E-state index contributed by atoms with van der Waals surface area (Å²) in [6.45, 7) is 2.82. The lowest BCUT2D eigenvalue weighted by Gasteiger charge is -2.24. The minimum atomic E-state index is 0.155. The molecule has 0 aromatic heterocycles. The number of hydrogen-bond donors (Lipinski definition) is 2. The second kappa shape index (κ2) is 6.90. The molecule has 1 heterocycles. The van der Waals surface area contributed by atoms with Crippen LogP contribution in [0.5, 0.6) is 0 Å². The summed E-state index contributed by atoms with van der Waals surface area (Å²) in [5, 5.41) is 6.44. The van der Waals surface area contributed by atoms with E-state index < -0.39 is 0 Å². The van der Waals surface area contributed by atoms with E-state index in [0.717, 1.165) is 51.7 Å². The number of benzene rings is 1. The molecule has 1 aliphatic heterocycles. The Kier molecular flexibility index (Phi) is 4.71. The molecule has 0 saturated heterocycles. The van der Waals surface area contributed by atoms with Crippen LogP contribution >= 0.6 is 0 Å². The maximum absolute atomic E-state index is 12.3. The average molecular weight is 284 g/mol. The Balaban J connectivity index is 1.47. The summed E-state index contributed by atoms with van der Waals surface area (Å²) in [5.74, 6) is 0.390. The van der Waals surface area contributed by atoms with Crippen molar-refractivity contribution in [3.63, 3.8) is 0 Å². The van der Waals surface area contributed by atoms with E-state index in [1.54, 1.807) is 0 Å². The largest absolute Gasteiger partial charge is 0.356 e. The molecule has 0 radical (unpaired) electrons. The van der Waals surface area contributed by atoms with Crippen LogP contribution in [0.25, 0.3) is 0 Å². The lowest BCUT2D eigenvalue weighted by atomic mass is 9.83. The van der Waals surface area contributed by atoms with Crippen molar-refractivity contribution in [3.05, 3.63) is 47.0 Å². The van der Waals surface area contributed by atoms with Gasteiger partial charge in [0.25, 0.3) is 0 Å². The molecule has 0 spiro atoms. The van der Waals surface area contributed by atoms with Gasteiger partial charge in [-0.15, -0.1) is 0 Å². The topological polar surface area (TPSA) is 41.1 Å². The van der Waals surface area contributed by atoms with Gasteiger partial charge in [0.15, 0.2) is 0 Å². The lowest BCUT2D eigenvalue weighted by molar-refractivity contribution is -0.125. The van der Waals surface area contributed by atoms with Crippen molar-refractivity contribution in [1.82, 2.24) is 10.6 Å². The Morgan fingerprint density at radius 2 is 2.10 bits per heavy atom. The first kappa shape index (κ1) is 14.3. The zero-order chi connectivity index (χ0) is 14.5. The zero-order valence-corrected chi connectivity index (χ0v) is 12.5. The van der Waals surface area contributed by atoms with Crippen molar-refractivity contribution in [2.24, 2.45) is 5.92 Å². The molecule has 3 heteroatoms. The first-order valence-electron chi connectivity index (χ1n) is 8.06. The monoisotopic (exact) mass is 284 g/mol. The van der Waals surface area contributed by atoms with E-state index in [2.05, 4.69) is 41.0 Å². The highest BCUT2D eigenvalue weighted by molar-refractivity contribution is 5.79. The lowest BCUT2D eigenvalue weighted by Crippen LogP contribution is -2.35. The quantitative estimate of drug-likeness (QED) is 0.832. The van der Waals surface area contributed by atoms with E-state index in [0.29, 0.717) is 0 Å². The molecule has 2 aliphatic rings. The number of carbonyl (C=O) groups excluding carboxylic acids is 1. The Labute approximate surface area is 126 Å². The van der Waals surface area contributed by atoms with Crippen LogP contribution in [0.3, 0.4) is 0 Å². The third-order valence-corrected chi connectivity index (χ3v) is 4.62. The summed E-state index contributed by atoms with van der Waals surface area (Å²) in [6, 6.07) is 8.51. The van der Waals surface area contributed by atoms with Gasteiger partial charge >= 0.3 is 0 Å². The summed E-state index contributed by atoms with van der Waals surface area (Å²) in [4.78, 5) is 12.3. The molecule has 3 rings (SSSR count). The fourth-order valence-corrected chi connectivity index (χ4v) is 3.31. The van der Waals surface area contributed by atoms with E-state index in [1.165, 1.54) is 16.7 Å². The van der Waals surface area contributed by atoms with Gasteiger partial charge in [-0.05, 0) is 49.8 Å². The van der Waals surface area contributed by atoms with Crippen molar-refractivity contribution in [2.45, 2.75) is 32.1 Å². The van der Waals surface area contributed by atoms with Crippen LogP contribution in [0.2, 0.25) is 0 Å². The Hall–Kier alpha value is -1.61. The van der Waals surface area contributed by atoms with Crippen LogP contribution in [0.15, 0.2) is 35.9 Å². The van der Waals surface area contributed by atoms with Crippen LogP contribution in [0, 0.1) is 5.92 Å². The predicted molar refractivity (Wildman–Crippen MR) is 85.2 cm³/mol. The average Bonchev–Trinajstić information content (AvgIpc) is 2.55. The second-order valence-electron chi connectivity index (χ2n) is 6.07. The maximum Gasteiger partial charge on any atom is 0.223 e. The van der Waals surface area contributed by atoms with Gasteiger partial charge in [0.2, 0.25) is 5.91 Å². The summed E-state index contributed by atoms with van der Waals surface area (Å²) >= 11 is 0. The normalized spacial score (nSPS) is 21.3. The van der Waals surface area contributed by atoms with Crippen LogP contribution in [0.1, 0.15) is 30.4 Å². The maximum atomic E-state index is 12.3. The van der Waals surface area contributed by atoms with Crippen molar-refractivity contribution < 1.29 is 4.79 Å². The summed E-state index contributed by atoms with van der Waals surface area (Å²) < 4.78 is 0. The van der Waals surface area contributed by atoms with Crippen molar-refractivity contribution in [3.8, 4) is 0 Å². The molecular weight excluding hydrogens is 260 g/mol. The molecular formula is C18H24N2O. The van der Waals surface area contributed by atoms with Crippen molar-refractivity contribution in [2.75, 3.05) is 19.6 Å². The van der Waals surface area contributed by atoms with Gasteiger partial charge in [-0.2, -0.15) is 0 Å². The van der Waals surface area contributed by atoms with E-state index in [4.69, 9.17) is 0 Å². The second-order valence-corrected chi connectivity index (χ2v) is 6.07. The molecule has 1 amide bonds. The van der Waals surface area contributed by atoms with E-state index >= 15 is 0 Å². The molecule has 1 unspecified atom stereocenters. The smallest absolute Gasteiger partial charge is 0.223 e. The molecule has 0 bridgehead atoms. The Bertz CT molecular complexity index is 536. The number of hydrogen-bond acceptors (Lipinski definition) is 2. The Morgan fingerprint density at radius 3 is 2.90 bits per heavy atom. The highest BCUT2D eigenvalue weighted by atomic mass is 16.1. The number of amides is 1. The van der Waals surface area contributed by atoms with Crippen LogP contribution in [0.4, 0.5) is 0 Å². The van der Waals surface area contributed by atoms with Gasteiger partial charge in [-0.25, -0.2) is 0 Å². The third kappa shape index (κ3) is 3.73. The van der Waals surface area contributed by atoms with E-state index in [1.807, 2.05) is 0 Å². The van der Waals surface area contributed by atoms with Gasteiger partial charge in [-0.3, -0.25) is 4.79 Å². The highest BCUT2D eigenvalue weighted by Crippen LogP contribution is 2.25. The molecule has 1 aromatic carbocycles. The van der Waals surface area contributed by atoms with Crippen LogP contribution in [-0.4, -0.2) is 25.5 Å². The molecule has 0 saturated carbocycles. The molecule has 21 heavy (non-hydrogen) atoms. The fraction of sp³-hybridized carbons (Fsp3) is 0.500. The minimum absolute atomic E-state index is 0.155. The number of carbonyl (C=O) groups is 1. The summed E-state index contributed by atoms with van der Waals surface area (Å²) in [6.07, 6.45) is 7.28. The predicted octanol–water partition coefficient (Wildman–Crippen LogP) is 2.22. The number of nitrogens with one attached hydrogen (secondary N) is 2. The highest BCUT2D eigenvalue weighted by Gasteiger charge is 2.23. The molecule has 3 nitrogen and oxygen atoms in total.